The highest BCUT2D eigenvalue weighted by Crippen LogP contribution is 2.13. The predicted molar refractivity (Wildman–Crippen MR) is 64.3 cm³/mol. The normalized spacial score (nSPS) is 23.7. The summed E-state index contributed by atoms with van der Waals surface area (Å²) in [7, 11) is 0. The van der Waals surface area contributed by atoms with Crippen LogP contribution in [0, 0.1) is 17.6 Å². The molecule has 0 spiro atoms. The minimum atomic E-state index is -0.825. The van der Waals surface area contributed by atoms with Crippen LogP contribution < -0.4 is 10.6 Å². The Morgan fingerprint density at radius 3 is 2.89 bits per heavy atom. The van der Waals surface area contributed by atoms with Crippen LogP contribution in [0.3, 0.4) is 0 Å². The fourth-order valence-electron chi connectivity index (χ4n) is 2.15. The average molecular weight is 254 g/mol. The van der Waals surface area contributed by atoms with Gasteiger partial charge in [-0.1, -0.05) is 6.92 Å². The first kappa shape index (κ1) is 13.0. The van der Waals surface area contributed by atoms with E-state index >= 15 is 0 Å². The molecule has 0 radical (unpaired) electrons. The molecule has 1 amide bonds. The fraction of sp³-hybridized carbons (Fsp3) is 0.462. The molecule has 1 aliphatic heterocycles. The Balaban J connectivity index is 2.07. The van der Waals surface area contributed by atoms with Gasteiger partial charge in [0.15, 0.2) is 0 Å². The number of rotatable bonds is 2. The van der Waals surface area contributed by atoms with Crippen molar-refractivity contribution < 1.29 is 13.6 Å². The number of piperidine rings is 1. The predicted octanol–water partition coefficient (Wildman–Crippen LogP) is 1.69. The molecule has 98 valence electrons. The number of halogens is 2. The van der Waals surface area contributed by atoms with Gasteiger partial charge < -0.3 is 10.6 Å². The molecule has 0 bridgehead atoms. The number of carbonyl (C=O) groups excluding carboxylic acids is 1. The summed E-state index contributed by atoms with van der Waals surface area (Å²) in [6, 6.07) is 3.01. The van der Waals surface area contributed by atoms with E-state index in [9.17, 15) is 13.6 Å². The Bertz CT molecular complexity index is 451. The highest BCUT2D eigenvalue weighted by Gasteiger charge is 2.24. The van der Waals surface area contributed by atoms with E-state index in [1.807, 2.05) is 6.92 Å². The molecule has 1 saturated heterocycles. The van der Waals surface area contributed by atoms with Gasteiger partial charge in [0.2, 0.25) is 0 Å². The van der Waals surface area contributed by atoms with Crippen molar-refractivity contribution in [1.29, 1.82) is 0 Å². The largest absolute Gasteiger partial charge is 0.349 e. The summed E-state index contributed by atoms with van der Waals surface area (Å²) in [6.45, 7) is 3.69. The van der Waals surface area contributed by atoms with E-state index in [0.29, 0.717) is 5.92 Å². The first-order valence-corrected chi connectivity index (χ1v) is 6.04. The fourth-order valence-corrected chi connectivity index (χ4v) is 2.15. The molecular formula is C13H16F2N2O. The molecule has 1 aromatic carbocycles. The van der Waals surface area contributed by atoms with Crippen LogP contribution in [-0.2, 0) is 0 Å². The van der Waals surface area contributed by atoms with Crippen LogP contribution in [0.5, 0.6) is 0 Å². The smallest absolute Gasteiger partial charge is 0.254 e. The van der Waals surface area contributed by atoms with Crippen LogP contribution in [0.25, 0.3) is 0 Å². The highest BCUT2D eigenvalue weighted by atomic mass is 19.1. The van der Waals surface area contributed by atoms with Gasteiger partial charge in [0.25, 0.3) is 5.91 Å². The topological polar surface area (TPSA) is 41.1 Å². The van der Waals surface area contributed by atoms with Crippen molar-refractivity contribution in [2.24, 2.45) is 5.92 Å². The molecule has 3 nitrogen and oxygen atoms in total. The first-order chi connectivity index (χ1) is 8.58. The number of hydrogen-bond acceptors (Lipinski definition) is 2. The minimum absolute atomic E-state index is 0.0307. The van der Waals surface area contributed by atoms with E-state index < -0.39 is 17.5 Å². The average Bonchev–Trinajstić information content (AvgIpc) is 2.32. The van der Waals surface area contributed by atoms with Crippen molar-refractivity contribution in [3.05, 3.63) is 35.4 Å². The van der Waals surface area contributed by atoms with Gasteiger partial charge in [0, 0.05) is 12.1 Å². The van der Waals surface area contributed by atoms with E-state index in [4.69, 9.17) is 0 Å². The molecule has 0 aliphatic carbocycles. The number of nitrogens with one attached hydrogen (secondary N) is 2. The van der Waals surface area contributed by atoms with Gasteiger partial charge in [-0.25, -0.2) is 8.78 Å². The lowest BCUT2D eigenvalue weighted by Crippen LogP contribution is -2.48. The van der Waals surface area contributed by atoms with Gasteiger partial charge in [-0.2, -0.15) is 0 Å². The molecule has 5 heteroatoms. The lowest BCUT2D eigenvalue weighted by Gasteiger charge is -2.30. The van der Waals surface area contributed by atoms with Gasteiger partial charge in [0.1, 0.15) is 11.6 Å². The van der Waals surface area contributed by atoms with Crippen LogP contribution in [0.2, 0.25) is 0 Å². The molecule has 2 N–H and O–H groups in total. The van der Waals surface area contributed by atoms with E-state index in [1.54, 1.807) is 0 Å². The van der Waals surface area contributed by atoms with Crippen molar-refractivity contribution in [3.8, 4) is 0 Å². The Labute approximate surface area is 105 Å². The second-order valence-corrected chi connectivity index (χ2v) is 4.67. The van der Waals surface area contributed by atoms with Crippen LogP contribution in [-0.4, -0.2) is 25.0 Å². The quantitative estimate of drug-likeness (QED) is 0.843. The Morgan fingerprint density at radius 2 is 2.22 bits per heavy atom. The van der Waals surface area contributed by atoms with Crippen molar-refractivity contribution in [1.82, 2.24) is 10.6 Å². The summed E-state index contributed by atoms with van der Waals surface area (Å²) in [4.78, 5) is 11.9. The Kier molecular flexibility index (Phi) is 3.91. The highest BCUT2D eigenvalue weighted by molar-refractivity contribution is 5.94. The zero-order valence-electron chi connectivity index (χ0n) is 10.2. The van der Waals surface area contributed by atoms with E-state index in [-0.39, 0.29) is 11.6 Å². The second kappa shape index (κ2) is 5.44. The molecule has 1 aliphatic rings. The number of carbonyl (C=O) groups is 1. The van der Waals surface area contributed by atoms with Crippen LogP contribution in [0.15, 0.2) is 18.2 Å². The Morgan fingerprint density at radius 1 is 1.44 bits per heavy atom. The number of amides is 1. The number of benzene rings is 1. The third-order valence-corrected chi connectivity index (χ3v) is 3.28. The maximum atomic E-state index is 13.4. The van der Waals surface area contributed by atoms with E-state index in [2.05, 4.69) is 10.6 Å². The van der Waals surface area contributed by atoms with Crippen molar-refractivity contribution in [2.75, 3.05) is 13.1 Å². The standard InChI is InChI=1S/C13H16F2N2O/c1-8-7-16-5-4-12(8)17-13(18)10-3-2-9(14)6-11(10)15/h2-3,6,8,12,16H,4-5,7H2,1H3,(H,17,18). The summed E-state index contributed by atoms with van der Waals surface area (Å²) in [6.07, 6.45) is 0.815. The molecule has 1 fully saturated rings. The Hall–Kier alpha value is -1.49. The molecule has 2 atom stereocenters. The van der Waals surface area contributed by atoms with Gasteiger partial charge in [-0.15, -0.1) is 0 Å². The zero-order chi connectivity index (χ0) is 13.1. The summed E-state index contributed by atoms with van der Waals surface area (Å²) in [5.41, 5.74) is -0.109. The second-order valence-electron chi connectivity index (χ2n) is 4.67. The molecule has 0 saturated carbocycles. The lowest BCUT2D eigenvalue weighted by atomic mass is 9.95. The van der Waals surface area contributed by atoms with Gasteiger partial charge in [-0.05, 0) is 37.6 Å². The first-order valence-electron chi connectivity index (χ1n) is 6.04. The lowest BCUT2D eigenvalue weighted by molar-refractivity contribution is 0.0910. The third-order valence-electron chi connectivity index (χ3n) is 3.28. The van der Waals surface area contributed by atoms with Gasteiger partial charge in [-0.3, -0.25) is 4.79 Å². The van der Waals surface area contributed by atoms with Crippen molar-refractivity contribution >= 4 is 5.91 Å². The SMILES string of the molecule is CC1CNCCC1NC(=O)c1ccc(F)cc1F. The summed E-state index contributed by atoms with van der Waals surface area (Å²) in [5.74, 6) is -1.69. The minimum Gasteiger partial charge on any atom is -0.349 e. The van der Waals surface area contributed by atoms with E-state index in [0.717, 1.165) is 31.6 Å². The maximum absolute atomic E-state index is 13.4. The molecule has 18 heavy (non-hydrogen) atoms. The van der Waals surface area contributed by atoms with Crippen molar-refractivity contribution in [2.45, 2.75) is 19.4 Å². The summed E-state index contributed by atoms with van der Waals surface area (Å²) in [5, 5.41) is 6.03. The molecule has 2 unspecified atom stereocenters. The van der Waals surface area contributed by atoms with Gasteiger partial charge in [0.05, 0.1) is 5.56 Å². The maximum Gasteiger partial charge on any atom is 0.254 e. The number of hydrogen-bond donors (Lipinski definition) is 2. The van der Waals surface area contributed by atoms with Crippen LogP contribution >= 0.6 is 0 Å². The third kappa shape index (κ3) is 2.85. The van der Waals surface area contributed by atoms with E-state index in [1.165, 1.54) is 6.07 Å². The molecule has 1 aromatic rings. The van der Waals surface area contributed by atoms with Crippen molar-refractivity contribution in [3.63, 3.8) is 0 Å². The van der Waals surface area contributed by atoms with Crippen LogP contribution in [0.1, 0.15) is 23.7 Å². The summed E-state index contributed by atoms with van der Waals surface area (Å²) >= 11 is 0. The summed E-state index contributed by atoms with van der Waals surface area (Å²) < 4.78 is 26.2. The molecular weight excluding hydrogens is 238 g/mol. The van der Waals surface area contributed by atoms with Crippen LogP contribution in [0.4, 0.5) is 8.78 Å². The molecule has 2 rings (SSSR count). The van der Waals surface area contributed by atoms with Gasteiger partial charge >= 0.3 is 0 Å². The molecule has 0 aromatic heterocycles. The molecule has 1 heterocycles. The zero-order valence-corrected chi connectivity index (χ0v) is 10.2. The monoisotopic (exact) mass is 254 g/mol.